The molecule has 0 radical (unpaired) electrons. The zero-order valence-corrected chi connectivity index (χ0v) is 12.9. The largest absolute Gasteiger partial charge is 0.376 e. The van der Waals surface area contributed by atoms with Crippen molar-refractivity contribution in [3.63, 3.8) is 0 Å². The smallest absolute Gasteiger partial charge is 0.0872 e. The predicted octanol–water partition coefficient (Wildman–Crippen LogP) is 3.84. The maximum absolute atomic E-state index is 6.05. The lowest BCUT2D eigenvalue weighted by atomic mass is 9.76. The van der Waals surface area contributed by atoms with Crippen molar-refractivity contribution in [1.29, 1.82) is 0 Å². The molecule has 1 N–H and O–H groups in total. The first kappa shape index (κ1) is 14.5. The van der Waals surface area contributed by atoms with Gasteiger partial charge in [0.1, 0.15) is 0 Å². The number of hydrogen-bond acceptors (Lipinski definition) is 3. The minimum atomic E-state index is -0.100. The molecule has 1 aromatic carbocycles. The van der Waals surface area contributed by atoms with Crippen molar-refractivity contribution in [2.75, 3.05) is 14.2 Å². The summed E-state index contributed by atoms with van der Waals surface area (Å²) < 4.78 is 6.05. The van der Waals surface area contributed by atoms with Crippen LogP contribution in [0.1, 0.15) is 43.7 Å². The van der Waals surface area contributed by atoms with Crippen molar-refractivity contribution in [1.82, 2.24) is 10.3 Å². The number of methoxy groups -OCH3 is 1. The van der Waals surface area contributed by atoms with E-state index < -0.39 is 0 Å². The number of ether oxygens (including phenoxy) is 1. The van der Waals surface area contributed by atoms with E-state index in [1.165, 1.54) is 35.6 Å². The fraction of sp³-hybridized carbons (Fsp3) is 0.500. The fourth-order valence-electron chi connectivity index (χ4n) is 3.85. The quantitative estimate of drug-likeness (QED) is 0.926. The number of nitrogens with one attached hydrogen (secondary N) is 1. The molecule has 1 atom stereocenters. The number of pyridine rings is 1. The van der Waals surface area contributed by atoms with Crippen LogP contribution in [-0.2, 0) is 4.74 Å². The summed E-state index contributed by atoms with van der Waals surface area (Å²) in [6.45, 7) is 0. The van der Waals surface area contributed by atoms with Gasteiger partial charge in [0, 0.05) is 24.9 Å². The van der Waals surface area contributed by atoms with Crippen molar-refractivity contribution in [2.24, 2.45) is 0 Å². The molecule has 3 rings (SSSR count). The highest BCUT2D eigenvalue weighted by Gasteiger charge is 2.40. The molecule has 1 heterocycles. The lowest BCUT2D eigenvalue weighted by Gasteiger charge is -2.43. The first-order valence-corrected chi connectivity index (χ1v) is 7.86. The summed E-state index contributed by atoms with van der Waals surface area (Å²) in [5.74, 6) is 0. The van der Waals surface area contributed by atoms with Crippen molar-refractivity contribution in [3.8, 4) is 0 Å². The molecule has 0 bridgehead atoms. The van der Waals surface area contributed by atoms with Gasteiger partial charge in [-0.25, -0.2) is 0 Å². The van der Waals surface area contributed by atoms with E-state index in [1.54, 1.807) is 0 Å². The van der Waals surface area contributed by atoms with Crippen LogP contribution in [0.4, 0.5) is 0 Å². The zero-order valence-electron chi connectivity index (χ0n) is 12.9. The summed E-state index contributed by atoms with van der Waals surface area (Å²) in [6.07, 6.45) is 9.87. The molecular formula is C18H24N2O. The van der Waals surface area contributed by atoms with E-state index in [-0.39, 0.29) is 11.6 Å². The normalized spacial score (nSPS) is 19.5. The molecule has 1 fully saturated rings. The summed E-state index contributed by atoms with van der Waals surface area (Å²) in [6, 6.07) is 8.77. The van der Waals surface area contributed by atoms with Gasteiger partial charge in [0.15, 0.2) is 0 Å². The number of rotatable bonds is 4. The Morgan fingerprint density at radius 1 is 1.19 bits per heavy atom. The summed E-state index contributed by atoms with van der Waals surface area (Å²) in [7, 11) is 3.90. The van der Waals surface area contributed by atoms with E-state index in [1.807, 2.05) is 26.6 Å². The SMILES string of the molecule is CNC(c1cccc2ccncc12)C1(OC)CCCCC1. The van der Waals surface area contributed by atoms with Crippen LogP contribution in [0.25, 0.3) is 10.8 Å². The minimum Gasteiger partial charge on any atom is -0.376 e. The molecule has 2 aromatic rings. The molecular weight excluding hydrogens is 260 g/mol. The molecule has 1 aromatic heterocycles. The standard InChI is InChI=1S/C18H24N2O/c1-19-17(18(21-2)10-4-3-5-11-18)15-8-6-7-14-9-12-20-13-16(14)15/h6-9,12-13,17,19H,3-5,10-11H2,1-2H3. The summed E-state index contributed by atoms with van der Waals surface area (Å²) >= 11 is 0. The highest BCUT2D eigenvalue weighted by Crippen LogP contribution is 2.42. The Bertz CT molecular complexity index is 600. The Hall–Kier alpha value is -1.45. The van der Waals surface area contributed by atoms with Crippen LogP contribution in [-0.4, -0.2) is 24.7 Å². The van der Waals surface area contributed by atoms with E-state index in [0.29, 0.717) is 0 Å². The molecule has 21 heavy (non-hydrogen) atoms. The molecule has 0 saturated heterocycles. The summed E-state index contributed by atoms with van der Waals surface area (Å²) in [4.78, 5) is 4.32. The fourth-order valence-corrected chi connectivity index (χ4v) is 3.85. The van der Waals surface area contributed by atoms with Crippen molar-refractivity contribution >= 4 is 10.8 Å². The van der Waals surface area contributed by atoms with E-state index >= 15 is 0 Å². The van der Waals surface area contributed by atoms with Gasteiger partial charge in [0.2, 0.25) is 0 Å². The van der Waals surface area contributed by atoms with Crippen molar-refractivity contribution in [3.05, 3.63) is 42.2 Å². The number of benzene rings is 1. The van der Waals surface area contributed by atoms with Crippen LogP contribution in [0.15, 0.2) is 36.7 Å². The summed E-state index contributed by atoms with van der Waals surface area (Å²) in [5, 5.41) is 5.98. The van der Waals surface area contributed by atoms with E-state index in [9.17, 15) is 0 Å². The highest BCUT2D eigenvalue weighted by atomic mass is 16.5. The predicted molar refractivity (Wildman–Crippen MR) is 86.4 cm³/mol. The Balaban J connectivity index is 2.09. The summed E-state index contributed by atoms with van der Waals surface area (Å²) in [5.41, 5.74) is 1.20. The second-order valence-corrected chi connectivity index (χ2v) is 6.00. The van der Waals surface area contributed by atoms with Crippen LogP contribution in [0.5, 0.6) is 0 Å². The average Bonchev–Trinajstić information content (AvgIpc) is 2.56. The maximum atomic E-state index is 6.05. The van der Waals surface area contributed by atoms with E-state index in [2.05, 4.69) is 34.6 Å². The monoisotopic (exact) mass is 284 g/mol. The van der Waals surface area contributed by atoms with E-state index in [4.69, 9.17) is 4.74 Å². The minimum absolute atomic E-state index is 0.100. The topological polar surface area (TPSA) is 34.2 Å². The number of nitrogens with zero attached hydrogens (tertiary/aromatic N) is 1. The van der Waals surface area contributed by atoms with Gasteiger partial charge in [0.25, 0.3) is 0 Å². The van der Waals surface area contributed by atoms with Gasteiger partial charge in [-0.15, -0.1) is 0 Å². The van der Waals surface area contributed by atoms with Gasteiger partial charge >= 0.3 is 0 Å². The number of fused-ring (bicyclic) bond motifs is 1. The molecule has 112 valence electrons. The molecule has 0 spiro atoms. The van der Waals surface area contributed by atoms with Crippen LogP contribution in [0.2, 0.25) is 0 Å². The maximum Gasteiger partial charge on any atom is 0.0872 e. The van der Waals surface area contributed by atoms with Crippen LogP contribution < -0.4 is 5.32 Å². The van der Waals surface area contributed by atoms with Gasteiger partial charge in [-0.2, -0.15) is 0 Å². The van der Waals surface area contributed by atoms with Gasteiger partial charge in [-0.1, -0.05) is 37.5 Å². The Morgan fingerprint density at radius 2 is 2.00 bits per heavy atom. The molecule has 0 aliphatic heterocycles. The molecule has 3 heteroatoms. The van der Waals surface area contributed by atoms with Crippen LogP contribution >= 0.6 is 0 Å². The Kier molecular flexibility index (Phi) is 4.22. The third-order valence-corrected chi connectivity index (χ3v) is 4.95. The van der Waals surface area contributed by atoms with Crippen LogP contribution in [0.3, 0.4) is 0 Å². The van der Waals surface area contributed by atoms with E-state index in [0.717, 1.165) is 12.8 Å². The second-order valence-electron chi connectivity index (χ2n) is 6.00. The first-order valence-electron chi connectivity index (χ1n) is 7.86. The Morgan fingerprint density at radius 3 is 2.71 bits per heavy atom. The van der Waals surface area contributed by atoms with Gasteiger partial charge in [-0.05, 0) is 36.9 Å². The second kappa shape index (κ2) is 6.12. The van der Waals surface area contributed by atoms with Gasteiger partial charge in [-0.3, -0.25) is 4.98 Å². The third kappa shape index (κ3) is 2.56. The first-order chi connectivity index (χ1) is 10.3. The molecule has 1 aliphatic rings. The number of likely N-dealkylation sites (N-methyl/N-ethyl adjacent to an activating group) is 1. The average molecular weight is 284 g/mol. The Labute approximate surface area is 126 Å². The zero-order chi connectivity index (χ0) is 14.7. The third-order valence-electron chi connectivity index (χ3n) is 4.95. The highest BCUT2D eigenvalue weighted by molar-refractivity contribution is 5.85. The molecule has 1 unspecified atom stereocenters. The molecule has 0 amide bonds. The molecule has 3 nitrogen and oxygen atoms in total. The van der Waals surface area contributed by atoms with Crippen LogP contribution in [0, 0.1) is 0 Å². The number of hydrogen-bond donors (Lipinski definition) is 1. The molecule has 1 saturated carbocycles. The van der Waals surface area contributed by atoms with Gasteiger partial charge < -0.3 is 10.1 Å². The lowest BCUT2D eigenvalue weighted by Crippen LogP contribution is -2.46. The van der Waals surface area contributed by atoms with Crippen molar-refractivity contribution in [2.45, 2.75) is 43.7 Å². The van der Waals surface area contributed by atoms with Crippen molar-refractivity contribution < 1.29 is 4.74 Å². The number of aromatic nitrogens is 1. The van der Waals surface area contributed by atoms with Gasteiger partial charge in [0.05, 0.1) is 11.6 Å². The molecule has 1 aliphatic carbocycles. The lowest BCUT2D eigenvalue weighted by molar-refractivity contribution is -0.0668.